The quantitative estimate of drug-likeness (QED) is 0.923. The number of imidazole rings is 1. The lowest BCUT2D eigenvalue weighted by Gasteiger charge is -2.09. The molecule has 1 saturated heterocycles. The van der Waals surface area contributed by atoms with Gasteiger partial charge in [0.2, 0.25) is 0 Å². The van der Waals surface area contributed by atoms with E-state index in [1.54, 1.807) is 11.6 Å². The molecule has 1 fully saturated rings. The number of fused-ring (bicyclic) bond motifs is 1. The van der Waals surface area contributed by atoms with Gasteiger partial charge in [-0.05, 0) is 12.3 Å². The summed E-state index contributed by atoms with van der Waals surface area (Å²) in [6, 6.07) is 0. The van der Waals surface area contributed by atoms with Crippen LogP contribution in [0.5, 0.6) is 0 Å². The first-order valence-electron chi connectivity index (χ1n) is 5.76. The van der Waals surface area contributed by atoms with Crippen molar-refractivity contribution in [3.05, 3.63) is 16.7 Å². The average molecular weight is 322 g/mol. The van der Waals surface area contributed by atoms with Gasteiger partial charge < -0.3 is 4.74 Å². The minimum Gasteiger partial charge on any atom is -0.381 e. The second-order valence-corrected chi connectivity index (χ2v) is 7.26. The summed E-state index contributed by atoms with van der Waals surface area (Å²) in [6.45, 7) is 1.64. The Balaban J connectivity index is 1.86. The summed E-state index contributed by atoms with van der Waals surface area (Å²) in [5.41, 5.74) is 0. The zero-order valence-corrected chi connectivity index (χ0v) is 12.3. The van der Waals surface area contributed by atoms with E-state index in [2.05, 4.69) is 9.71 Å². The van der Waals surface area contributed by atoms with Gasteiger partial charge in [0.1, 0.15) is 0 Å². The van der Waals surface area contributed by atoms with Crippen LogP contribution in [0.4, 0.5) is 0 Å². The number of nitrogens with one attached hydrogen (secondary N) is 1. The molecule has 104 valence electrons. The van der Waals surface area contributed by atoms with E-state index < -0.39 is 10.0 Å². The summed E-state index contributed by atoms with van der Waals surface area (Å²) < 4.78 is 33.9. The number of hydrogen-bond donors (Lipinski definition) is 1. The first-order valence-corrected chi connectivity index (χ1v) is 8.50. The summed E-state index contributed by atoms with van der Waals surface area (Å²) in [4.78, 5) is 4.59. The van der Waals surface area contributed by atoms with E-state index in [0.29, 0.717) is 24.7 Å². The fourth-order valence-electron chi connectivity index (χ4n) is 2.02. The maximum Gasteiger partial charge on any atom is 0.259 e. The molecule has 0 saturated carbocycles. The van der Waals surface area contributed by atoms with Crippen molar-refractivity contribution >= 4 is 37.9 Å². The maximum absolute atomic E-state index is 12.3. The molecule has 3 heterocycles. The highest BCUT2D eigenvalue weighted by atomic mass is 35.5. The van der Waals surface area contributed by atoms with E-state index in [4.69, 9.17) is 16.3 Å². The molecular formula is C10H12ClN3O3S2. The number of ether oxygens (including phenoxy) is 1. The van der Waals surface area contributed by atoms with Gasteiger partial charge in [0, 0.05) is 24.7 Å². The Labute approximate surface area is 119 Å². The SMILES string of the molecule is O=S(=O)(NCC1CCOC1)c1c(Cl)nc2sccn12. The summed E-state index contributed by atoms with van der Waals surface area (Å²) in [5, 5.41) is 1.77. The average Bonchev–Trinajstić information content (AvgIpc) is 3.01. The van der Waals surface area contributed by atoms with E-state index >= 15 is 0 Å². The van der Waals surface area contributed by atoms with Crippen LogP contribution >= 0.6 is 22.9 Å². The predicted octanol–water partition coefficient (Wildman–Crippen LogP) is 1.36. The van der Waals surface area contributed by atoms with Crippen LogP contribution in [0, 0.1) is 5.92 Å². The van der Waals surface area contributed by atoms with Crippen LogP contribution in [0.25, 0.3) is 4.96 Å². The molecule has 0 radical (unpaired) electrons. The molecule has 2 aromatic rings. The highest BCUT2D eigenvalue weighted by molar-refractivity contribution is 7.89. The summed E-state index contributed by atoms with van der Waals surface area (Å²) >= 11 is 7.26. The van der Waals surface area contributed by atoms with Crippen molar-refractivity contribution in [1.82, 2.24) is 14.1 Å². The Morgan fingerprint density at radius 1 is 1.63 bits per heavy atom. The van der Waals surface area contributed by atoms with Gasteiger partial charge in [-0.25, -0.2) is 18.1 Å². The third kappa shape index (κ3) is 2.50. The number of thiazole rings is 1. The molecule has 0 aliphatic carbocycles. The van der Waals surface area contributed by atoms with Crippen molar-refractivity contribution in [2.75, 3.05) is 19.8 Å². The van der Waals surface area contributed by atoms with E-state index in [1.165, 1.54) is 15.7 Å². The molecule has 6 nitrogen and oxygen atoms in total. The maximum atomic E-state index is 12.3. The van der Waals surface area contributed by atoms with Crippen LogP contribution in [0.2, 0.25) is 5.15 Å². The molecule has 0 bridgehead atoms. The van der Waals surface area contributed by atoms with E-state index in [9.17, 15) is 8.42 Å². The Kier molecular flexibility index (Phi) is 3.52. The highest BCUT2D eigenvalue weighted by Crippen LogP contribution is 2.25. The molecule has 2 aromatic heterocycles. The lowest BCUT2D eigenvalue weighted by atomic mass is 10.1. The highest BCUT2D eigenvalue weighted by Gasteiger charge is 2.26. The number of hydrogen-bond acceptors (Lipinski definition) is 5. The second kappa shape index (κ2) is 5.02. The van der Waals surface area contributed by atoms with Crippen LogP contribution in [-0.2, 0) is 14.8 Å². The van der Waals surface area contributed by atoms with Gasteiger partial charge in [0.15, 0.2) is 15.1 Å². The fraction of sp³-hybridized carbons (Fsp3) is 0.500. The van der Waals surface area contributed by atoms with Crippen LogP contribution < -0.4 is 4.72 Å². The standard InChI is InChI=1S/C10H12ClN3O3S2/c11-8-9(14-2-4-18-10(14)13-8)19(15,16)12-5-7-1-3-17-6-7/h2,4,7,12H,1,3,5-6H2. The van der Waals surface area contributed by atoms with Gasteiger partial charge in [-0.3, -0.25) is 4.40 Å². The lowest BCUT2D eigenvalue weighted by molar-refractivity contribution is 0.186. The third-order valence-corrected chi connectivity index (χ3v) is 5.60. The van der Waals surface area contributed by atoms with Crippen LogP contribution in [0.1, 0.15) is 6.42 Å². The normalized spacial score (nSPS) is 20.4. The minimum absolute atomic E-state index is 0.00187. The van der Waals surface area contributed by atoms with Crippen molar-refractivity contribution in [2.45, 2.75) is 11.4 Å². The van der Waals surface area contributed by atoms with Gasteiger partial charge in [-0.1, -0.05) is 11.6 Å². The Morgan fingerprint density at radius 3 is 3.21 bits per heavy atom. The first kappa shape index (κ1) is 13.3. The first-order chi connectivity index (χ1) is 9.08. The number of nitrogens with zero attached hydrogens (tertiary/aromatic N) is 2. The van der Waals surface area contributed by atoms with Crippen molar-refractivity contribution in [2.24, 2.45) is 5.92 Å². The van der Waals surface area contributed by atoms with Crippen molar-refractivity contribution in [3.63, 3.8) is 0 Å². The Hall–Kier alpha value is -0.670. The molecule has 1 atom stereocenters. The molecule has 0 aromatic carbocycles. The van der Waals surface area contributed by atoms with Gasteiger partial charge in [0.25, 0.3) is 10.0 Å². The fourth-order valence-corrected chi connectivity index (χ4v) is 4.58. The second-order valence-electron chi connectivity index (χ2n) is 4.34. The minimum atomic E-state index is -3.66. The Bertz CT molecular complexity index is 688. The van der Waals surface area contributed by atoms with Gasteiger partial charge in [0.05, 0.1) is 6.61 Å². The van der Waals surface area contributed by atoms with Gasteiger partial charge >= 0.3 is 0 Å². The largest absolute Gasteiger partial charge is 0.381 e. The lowest BCUT2D eigenvalue weighted by Crippen LogP contribution is -2.30. The van der Waals surface area contributed by atoms with Gasteiger partial charge in [-0.15, -0.1) is 11.3 Å². The number of sulfonamides is 1. The van der Waals surface area contributed by atoms with E-state index in [0.717, 1.165) is 6.42 Å². The number of halogens is 1. The molecule has 19 heavy (non-hydrogen) atoms. The molecule has 1 N–H and O–H groups in total. The van der Waals surface area contributed by atoms with Crippen LogP contribution in [0.15, 0.2) is 16.6 Å². The molecule has 1 unspecified atom stereocenters. The topological polar surface area (TPSA) is 72.7 Å². The van der Waals surface area contributed by atoms with E-state index in [-0.39, 0.29) is 16.1 Å². The van der Waals surface area contributed by atoms with Crippen LogP contribution in [0.3, 0.4) is 0 Å². The predicted molar refractivity (Wildman–Crippen MR) is 72.2 cm³/mol. The van der Waals surface area contributed by atoms with Crippen molar-refractivity contribution in [1.29, 1.82) is 0 Å². The monoisotopic (exact) mass is 321 g/mol. The zero-order valence-electron chi connectivity index (χ0n) is 9.87. The van der Waals surface area contributed by atoms with Gasteiger partial charge in [-0.2, -0.15) is 0 Å². The molecule has 9 heteroatoms. The Morgan fingerprint density at radius 2 is 2.47 bits per heavy atom. The number of aromatic nitrogens is 2. The summed E-state index contributed by atoms with van der Waals surface area (Å²) in [6.07, 6.45) is 2.52. The van der Waals surface area contributed by atoms with Crippen LogP contribution in [-0.4, -0.2) is 37.6 Å². The summed E-state index contributed by atoms with van der Waals surface area (Å²) in [7, 11) is -3.66. The smallest absolute Gasteiger partial charge is 0.259 e. The molecule has 1 aliphatic heterocycles. The zero-order chi connectivity index (χ0) is 13.5. The molecular weight excluding hydrogens is 310 g/mol. The third-order valence-electron chi connectivity index (χ3n) is 3.02. The van der Waals surface area contributed by atoms with E-state index in [1.807, 2.05) is 0 Å². The van der Waals surface area contributed by atoms with Crippen molar-refractivity contribution < 1.29 is 13.2 Å². The summed E-state index contributed by atoms with van der Waals surface area (Å²) in [5.74, 6) is 0.222. The molecule has 3 rings (SSSR count). The van der Waals surface area contributed by atoms with Crippen molar-refractivity contribution in [3.8, 4) is 0 Å². The molecule has 1 aliphatic rings. The molecule has 0 amide bonds. The molecule has 0 spiro atoms. The number of rotatable bonds is 4.